The van der Waals surface area contributed by atoms with Crippen LogP contribution in [0.4, 0.5) is 10.5 Å². The standard InChI is InChI=1S/C36H41N3O2Si/c1-37(36(40)41-23-24-11-5-4-6-12-24)33-29-21-25-13-7-17-38-19-9-15-27(31(25)38)34(29)42(2,3)35-28-16-10-20-39-18-8-14-26(32(28)39)22-30(33)35/h4-6,11-12,17,21-22H,7-10,13-16,18-20,23H2,1-3H3. The number of carbonyl (C=O) groups is 1. The largest absolute Gasteiger partial charge is 0.444 e. The molecule has 2 aromatic carbocycles. The van der Waals surface area contributed by atoms with Crippen molar-refractivity contribution in [3.05, 3.63) is 92.7 Å². The lowest BCUT2D eigenvalue weighted by molar-refractivity contribution is -0.508. The van der Waals surface area contributed by atoms with Crippen LogP contribution in [0.2, 0.25) is 13.1 Å². The number of allylic oxidation sites excluding steroid dienone is 3. The van der Waals surface area contributed by atoms with E-state index in [2.05, 4.69) is 40.9 Å². The molecule has 1 fully saturated rings. The number of hydrogen-bond donors (Lipinski definition) is 0. The molecule has 0 spiro atoms. The third kappa shape index (κ3) is 3.83. The molecule has 0 unspecified atom stereocenters. The average molecular weight is 576 g/mol. The number of piperidine rings is 1. The Morgan fingerprint density at radius 1 is 1.07 bits per heavy atom. The van der Waals surface area contributed by atoms with Crippen LogP contribution in [0.15, 0.2) is 64.4 Å². The van der Waals surface area contributed by atoms with Gasteiger partial charge in [-0.15, -0.1) is 11.3 Å². The number of rotatable bonds is 3. The maximum absolute atomic E-state index is 13.9. The van der Waals surface area contributed by atoms with Gasteiger partial charge in [0.2, 0.25) is 0 Å². The molecule has 216 valence electrons. The van der Waals surface area contributed by atoms with E-state index in [1.54, 1.807) is 21.5 Å². The Morgan fingerprint density at radius 3 is 2.71 bits per heavy atom. The van der Waals surface area contributed by atoms with E-state index >= 15 is 0 Å². The summed E-state index contributed by atoms with van der Waals surface area (Å²) in [6, 6.07) is 14.0. The van der Waals surface area contributed by atoms with Crippen molar-refractivity contribution in [1.29, 1.82) is 0 Å². The van der Waals surface area contributed by atoms with Crippen LogP contribution in [-0.2, 0) is 24.2 Å². The highest BCUT2D eigenvalue weighted by Crippen LogP contribution is 2.52. The molecule has 0 atom stereocenters. The van der Waals surface area contributed by atoms with Crippen molar-refractivity contribution < 1.29 is 14.1 Å². The molecule has 0 N–H and O–H groups in total. The van der Waals surface area contributed by atoms with Crippen LogP contribution < -0.4 is 10.1 Å². The van der Waals surface area contributed by atoms with Crippen molar-refractivity contribution in [1.82, 2.24) is 4.90 Å². The second-order valence-corrected chi connectivity index (χ2v) is 17.6. The van der Waals surface area contributed by atoms with Gasteiger partial charge in [-0.2, -0.15) is 0 Å². The van der Waals surface area contributed by atoms with Crippen molar-refractivity contribution in [2.75, 3.05) is 31.6 Å². The van der Waals surface area contributed by atoms with Crippen LogP contribution in [0.3, 0.4) is 0 Å². The van der Waals surface area contributed by atoms with E-state index in [0.717, 1.165) is 49.9 Å². The molecule has 42 heavy (non-hydrogen) atoms. The fourth-order valence-electron chi connectivity index (χ4n) is 8.88. The van der Waals surface area contributed by atoms with E-state index in [9.17, 15) is 4.79 Å². The van der Waals surface area contributed by atoms with Crippen LogP contribution >= 0.6 is 0 Å². The van der Waals surface area contributed by atoms with Gasteiger partial charge in [0.05, 0.1) is 14.3 Å². The molecule has 6 aliphatic rings. The molecule has 0 saturated carbocycles. The maximum Gasteiger partial charge on any atom is 0.414 e. The first-order valence-electron chi connectivity index (χ1n) is 16.0. The molecule has 0 bridgehead atoms. The zero-order chi connectivity index (χ0) is 28.6. The molecule has 6 heteroatoms. The van der Waals surface area contributed by atoms with Gasteiger partial charge >= 0.3 is 6.09 Å². The van der Waals surface area contributed by atoms with E-state index in [4.69, 9.17) is 4.74 Å². The minimum absolute atomic E-state index is 0.276. The van der Waals surface area contributed by atoms with E-state index in [0.29, 0.717) is 0 Å². The molecule has 2 aromatic rings. The quantitative estimate of drug-likeness (QED) is 0.246. The Labute approximate surface area is 250 Å². The van der Waals surface area contributed by atoms with Gasteiger partial charge in [-0.25, -0.2) is 4.79 Å². The maximum atomic E-state index is 13.9. The number of fused-ring (bicyclic) bond motifs is 3. The first kappa shape index (κ1) is 26.1. The van der Waals surface area contributed by atoms with Crippen molar-refractivity contribution >= 4 is 37.0 Å². The van der Waals surface area contributed by atoms with Crippen molar-refractivity contribution in [2.45, 2.75) is 71.1 Å². The zero-order valence-corrected chi connectivity index (χ0v) is 26.3. The van der Waals surface area contributed by atoms with Gasteiger partial charge in [0, 0.05) is 37.9 Å². The fourth-order valence-corrected chi connectivity index (χ4v) is 12.9. The Hall–Kier alpha value is -3.51. The van der Waals surface area contributed by atoms with Gasteiger partial charge in [-0.3, -0.25) is 9.48 Å². The second-order valence-electron chi connectivity index (χ2n) is 13.4. The van der Waals surface area contributed by atoms with Gasteiger partial charge < -0.3 is 9.64 Å². The van der Waals surface area contributed by atoms with Gasteiger partial charge in [-0.1, -0.05) is 65.3 Å². The first-order chi connectivity index (χ1) is 20.4. The lowest BCUT2D eigenvalue weighted by atomic mass is 9.79. The summed E-state index contributed by atoms with van der Waals surface area (Å²) in [4.78, 5) is 18.4. The molecule has 0 aromatic heterocycles. The van der Waals surface area contributed by atoms with E-state index in [1.807, 2.05) is 42.3 Å². The van der Waals surface area contributed by atoms with Crippen molar-refractivity contribution in [2.24, 2.45) is 0 Å². The van der Waals surface area contributed by atoms with Crippen LogP contribution in [-0.4, -0.2) is 56.5 Å². The summed E-state index contributed by atoms with van der Waals surface area (Å²) in [7, 11) is -0.190. The summed E-state index contributed by atoms with van der Waals surface area (Å²) in [5, 5.41) is 3.14. The Balaban J connectivity index is 1.35. The third-order valence-electron chi connectivity index (χ3n) is 10.5. The number of ether oxygens (including phenoxy) is 1. The lowest BCUT2D eigenvalue weighted by Crippen LogP contribution is -2.55. The van der Waals surface area contributed by atoms with Crippen molar-refractivity contribution in [3.63, 3.8) is 0 Å². The molecule has 5 nitrogen and oxygen atoms in total. The fraction of sp³-hybridized carbons (Fsp3) is 0.417. The van der Waals surface area contributed by atoms with Gasteiger partial charge in [0.15, 0.2) is 0 Å². The van der Waals surface area contributed by atoms with E-state index in [-0.39, 0.29) is 12.7 Å². The van der Waals surface area contributed by atoms with Crippen LogP contribution in [0.1, 0.15) is 60.8 Å². The van der Waals surface area contributed by atoms with Crippen LogP contribution in [0.5, 0.6) is 0 Å². The first-order valence-corrected chi connectivity index (χ1v) is 19.0. The molecular formula is C36H41N3O2Si. The summed E-state index contributed by atoms with van der Waals surface area (Å²) < 4.78 is 8.53. The molecule has 1 saturated heterocycles. The Kier molecular flexibility index (Phi) is 6.08. The minimum atomic E-state index is -2.13. The topological polar surface area (TPSA) is 35.8 Å². The number of hydrogen-bond acceptors (Lipinski definition) is 3. The minimum Gasteiger partial charge on any atom is -0.444 e. The highest BCUT2D eigenvalue weighted by molar-refractivity contribution is 6.98. The average Bonchev–Trinajstić information content (AvgIpc) is 3.00. The van der Waals surface area contributed by atoms with E-state index < -0.39 is 8.07 Å². The predicted molar refractivity (Wildman–Crippen MR) is 172 cm³/mol. The molecule has 8 rings (SSSR count). The number of nitrogens with zero attached hydrogens (tertiary/aromatic N) is 3. The predicted octanol–water partition coefficient (Wildman–Crippen LogP) is 6.27. The normalized spacial score (nSPS) is 21.5. The molecule has 0 radical (unpaired) electrons. The molecule has 1 aliphatic carbocycles. The molecular weight excluding hydrogens is 535 g/mol. The highest BCUT2D eigenvalue weighted by atomic mass is 28.3. The summed E-state index contributed by atoms with van der Waals surface area (Å²) in [6.45, 7) is 8.92. The van der Waals surface area contributed by atoms with E-state index in [1.165, 1.54) is 66.4 Å². The highest BCUT2D eigenvalue weighted by Gasteiger charge is 2.46. The Morgan fingerprint density at radius 2 is 1.88 bits per heavy atom. The van der Waals surface area contributed by atoms with Crippen LogP contribution in [0, 0.1) is 6.04 Å². The summed E-state index contributed by atoms with van der Waals surface area (Å²) in [6.07, 6.45) is 13.8. The number of amides is 1. The van der Waals surface area contributed by atoms with Crippen LogP contribution in [0.25, 0.3) is 5.70 Å². The Bertz CT molecular complexity index is 1630. The van der Waals surface area contributed by atoms with Gasteiger partial charge in [0.25, 0.3) is 0 Å². The summed E-state index contributed by atoms with van der Waals surface area (Å²) in [5.74, 6) is 0. The number of benzene rings is 2. The third-order valence-corrected chi connectivity index (χ3v) is 14.1. The molecule has 1 amide bonds. The van der Waals surface area contributed by atoms with Crippen molar-refractivity contribution in [3.8, 4) is 0 Å². The van der Waals surface area contributed by atoms with Gasteiger partial charge in [-0.05, 0) is 73.3 Å². The summed E-state index contributed by atoms with van der Waals surface area (Å²) >= 11 is 0. The number of carbonyl (C=O) groups excluding carboxylic acids is 1. The molecule has 5 heterocycles. The second kappa shape index (κ2) is 9.77. The monoisotopic (exact) mass is 575 g/mol. The SMILES string of the molecule is CN(C(=O)OCc1ccccc1)C1=C2C=C3CCC=[N+]4CCCC(=C2[Si](C)(C)c2c1cc1c5c2CCCN5CCC1)[C-]34. The summed E-state index contributed by atoms with van der Waals surface area (Å²) in [5.41, 5.74) is 12.3. The smallest absolute Gasteiger partial charge is 0.414 e. The van der Waals surface area contributed by atoms with Gasteiger partial charge in [0.1, 0.15) is 19.2 Å². The zero-order valence-electron chi connectivity index (χ0n) is 25.3. The number of aryl methyl sites for hydroxylation is 1. The lowest BCUT2D eigenvalue weighted by Gasteiger charge is -2.50. The number of anilines is 1. The molecule has 5 aliphatic heterocycles.